The van der Waals surface area contributed by atoms with Crippen molar-refractivity contribution >= 4 is 26.8 Å². The van der Waals surface area contributed by atoms with E-state index in [1.54, 1.807) is 16.4 Å². The molecule has 1 aliphatic heterocycles. The summed E-state index contributed by atoms with van der Waals surface area (Å²) in [5.41, 5.74) is 0.310. The molecule has 1 saturated heterocycles. The lowest BCUT2D eigenvalue weighted by Crippen LogP contribution is -2.43. The molecule has 1 aromatic carbocycles. The number of nitrogens with one attached hydrogen (secondary N) is 2. The molecule has 1 aliphatic carbocycles. The van der Waals surface area contributed by atoms with Crippen LogP contribution in [0.25, 0.3) is 10.9 Å². The molecule has 8 heteroatoms. The number of sulfonamides is 1. The van der Waals surface area contributed by atoms with Crippen LogP contribution in [0, 0.1) is 5.92 Å². The molecule has 2 heterocycles. The van der Waals surface area contributed by atoms with Gasteiger partial charge in [-0.1, -0.05) is 33.1 Å². The van der Waals surface area contributed by atoms with Gasteiger partial charge in [-0.15, -0.1) is 0 Å². The molecule has 2 N–H and O–H groups in total. The number of piperidine rings is 1. The molecule has 1 amide bonds. The van der Waals surface area contributed by atoms with Gasteiger partial charge in [-0.25, -0.2) is 8.42 Å². The number of H-pyrrole nitrogens is 1. The molecule has 7 nitrogen and oxygen atoms in total. The molecule has 1 saturated carbocycles. The number of aromatic nitrogens is 1. The number of rotatable bonds is 5. The van der Waals surface area contributed by atoms with Crippen LogP contribution >= 0.6 is 0 Å². The average Bonchev–Trinajstić information content (AvgIpc) is 2.79. The van der Waals surface area contributed by atoms with Crippen molar-refractivity contribution in [2.24, 2.45) is 5.92 Å². The van der Waals surface area contributed by atoms with Crippen LogP contribution in [0.1, 0.15) is 75.6 Å². The topological polar surface area (TPSA) is 99.3 Å². The molecule has 3 unspecified atom stereocenters. The first-order valence-electron chi connectivity index (χ1n) is 11.8. The Bertz CT molecular complexity index is 1160. The van der Waals surface area contributed by atoms with Crippen LogP contribution in [0.4, 0.5) is 0 Å². The Morgan fingerprint density at radius 1 is 1.12 bits per heavy atom. The number of pyridine rings is 1. The summed E-state index contributed by atoms with van der Waals surface area (Å²) in [5, 5.41) is 3.55. The van der Waals surface area contributed by atoms with Crippen molar-refractivity contribution in [2.45, 2.75) is 82.2 Å². The van der Waals surface area contributed by atoms with Gasteiger partial charge in [-0.05, 0) is 56.2 Å². The summed E-state index contributed by atoms with van der Waals surface area (Å²) in [7, 11) is -3.69. The minimum atomic E-state index is -3.69. The summed E-state index contributed by atoms with van der Waals surface area (Å²) in [6.45, 7) is 4.66. The normalized spacial score (nSPS) is 25.0. The summed E-state index contributed by atoms with van der Waals surface area (Å²) in [5.74, 6) is 0.0563. The van der Waals surface area contributed by atoms with Crippen LogP contribution in [-0.4, -0.2) is 42.2 Å². The second-order valence-electron chi connectivity index (χ2n) is 9.27. The molecular weight excluding hydrogens is 426 g/mol. The highest BCUT2D eigenvalue weighted by Crippen LogP contribution is 2.29. The molecule has 2 fully saturated rings. The number of hydrogen-bond acceptors (Lipinski definition) is 4. The Kier molecular flexibility index (Phi) is 6.72. The van der Waals surface area contributed by atoms with Crippen molar-refractivity contribution < 1.29 is 13.2 Å². The number of hydrogen-bond donors (Lipinski definition) is 2. The fourth-order valence-electron chi connectivity index (χ4n) is 5.19. The van der Waals surface area contributed by atoms with Crippen LogP contribution in [0.5, 0.6) is 0 Å². The predicted molar refractivity (Wildman–Crippen MR) is 125 cm³/mol. The molecule has 0 bridgehead atoms. The van der Waals surface area contributed by atoms with Crippen LogP contribution in [0.3, 0.4) is 0 Å². The van der Waals surface area contributed by atoms with Crippen LogP contribution < -0.4 is 10.9 Å². The summed E-state index contributed by atoms with van der Waals surface area (Å²) in [4.78, 5) is 28.3. The highest BCUT2D eigenvalue weighted by atomic mass is 32.2. The summed E-state index contributed by atoms with van der Waals surface area (Å²) < 4.78 is 28.5. The van der Waals surface area contributed by atoms with E-state index in [9.17, 15) is 18.0 Å². The maximum atomic E-state index is 13.5. The van der Waals surface area contributed by atoms with E-state index >= 15 is 0 Å². The van der Waals surface area contributed by atoms with Crippen LogP contribution in [-0.2, 0) is 10.0 Å². The Hall–Kier alpha value is -2.19. The summed E-state index contributed by atoms with van der Waals surface area (Å²) >= 11 is 0. The third-order valence-corrected chi connectivity index (χ3v) is 9.09. The standard InChI is InChI=1S/C24H33N3O4S/c1-3-17-9-6-7-13-27(17)32(30,31)18-11-12-22-19(14-18)20(15-23(28)25-22)24(29)26-21-10-5-4-8-16(21)2/h11-12,14-17,21H,3-10,13H2,1-2H3,(H,25,28)(H,26,29). The highest BCUT2D eigenvalue weighted by molar-refractivity contribution is 7.89. The van der Waals surface area contributed by atoms with Gasteiger partial charge in [-0.2, -0.15) is 4.31 Å². The molecule has 3 atom stereocenters. The van der Waals surface area contributed by atoms with Gasteiger partial charge in [0.2, 0.25) is 15.6 Å². The van der Waals surface area contributed by atoms with E-state index in [-0.39, 0.29) is 34.0 Å². The van der Waals surface area contributed by atoms with Crippen molar-refractivity contribution in [2.75, 3.05) is 6.54 Å². The lowest BCUT2D eigenvalue weighted by atomic mass is 9.86. The van der Waals surface area contributed by atoms with Crippen molar-refractivity contribution in [3.63, 3.8) is 0 Å². The van der Waals surface area contributed by atoms with Gasteiger partial charge < -0.3 is 10.3 Å². The summed E-state index contributed by atoms with van der Waals surface area (Å²) in [6.07, 6.45) is 7.74. The maximum Gasteiger partial charge on any atom is 0.252 e. The minimum absolute atomic E-state index is 0.00409. The molecule has 2 aliphatic rings. The predicted octanol–water partition coefficient (Wildman–Crippen LogP) is 3.79. The van der Waals surface area contributed by atoms with E-state index in [1.165, 1.54) is 12.1 Å². The van der Waals surface area contributed by atoms with Crippen LogP contribution in [0.15, 0.2) is 34.0 Å². The third-order valence-electron chi connectivity index (χ3n) is 7.14. The highest BCUT2D eigenvalue weighted by Gasteiger charge is 2.33. The number of aromatic amines is 1. The zero-order chi connectivity index (χ0) is 22.9. The fourth-order valence-corrected chi connectivity index (χ4v) is 6.99. The monoisotopic (exact) mass is 459 g/mol. The molecule has 4 rings (SSSR count). The van der Waals surface area contributed by atoms with E-state index in [0.717, 1.165) is 51.4 Å². The molecular formula is C24H33N3O4S. The largest absolute Gasteiger partial charge is 0.349 e. The third kappa shape index (κ3) is 4.48. The van der Waals surface area contributed by atoms with Gasteiger partial charge in [0.05, 0.1) is 10.5 Å². The van der Waals surface area contributed by atoms with Gasteiger partial charge >= 0.3 is 0 Å². The van der Waals surface area contributed by atoms with Gasteiger partial charge in [0.1, 0.15) is 0 Å². The van der Waals surface area contributed by atoms with E-state index in [1.807, 2.05) is 6.92 Å². The lowest BCUT2D eigenvalue weighted by Gasteiger charge is -2.34. The van der Waals surface area contributed by atoms with Crippen molar-refractivity contribution in [3.8, 4) is 0 Å². The van der Waals surface area contributed by atoms with E-state index < -0.39 is 10.0 Å². The van der Waals surface area contributed by atoms with E-state index in [0.29, 0.717) is 23.4 Å². The minimum Gasteiger partial charge on any atom is -0.349 e. The van der Waals surface area contributed by atoms with Gasteiger partial charge in [0.25, 0.3) is 5.91 Å². The average molecular weight is 460 g/mol. The van der Waals surface area contributed by atoms with Crippen molar-refractivity contribution in [3.05, 3.63) is 40.2 Å². The Balaban J connectivity index is 1.72. The number of carbonyl (C=O) groups is 1. The first kappa shape index (κ1) is 23.0. The Morgan fingerprint density at radius 2 is 1.88 bits per heavy atom. The SMILES string of the molecule is CCC1CCCCN1S(=O)(=O)c1ccc2[nH]c(=O)cc(C(=O)NC3CCCCC3C)c2c1. The van der Waals surface area contributed by atoms with Crippen molar-refractivity contribution in [1.29, 1.82) is 0 Å². The molecule has 2 aromatic rings. The number of amides is 1. The summed E-state index contributed by atoms with van der Waals surface area (Å²) in [6, 6.07) is 6.00. The molecule has 0 spiro atoms. The van der Waals surface area contributed by atoms with E-state index in [2.05, 4.69) is 17.2 Å². The van der Waals surface area contributed by atoms with Gasteiger partial charge in [0.15, 0.2) is 0 Å². The zero-order valence-electron chi connectivity index (χ0n) is 18.9. The number of fused-ring (bicyclic) bond motifs is 1. The first-order valence-corrected chi connectivity index (χ1v) is 13.2. The smallest absolute Gasteiger partial charge is 0.252 e. The van der Waals surface area contributed by atoms with Gasteiger partial charge in [-0.3, -0.25) is 9.59 Å². The second-order valence-corrected chi connectivity index (χ2v) is 11.2. The fraction of sp³-hybridized carbons (Fsp3) is 0.583. The first-order chi connectivity index (χ1) is 15.3. The maximum absolute atomic E-state index is 13.5. The number of carbonyl (C=O) groups excluding carboxylic acids is 1. The Labute approximate surface area is 189 Å². The molecule has 1 aromatic heterocycles. The zero-order valence-corrected chi connectivity index (χ0v) is 19.7. The van der Waals surface area contributed by atoms with Crippen LogP contribution in [0.2, 0.25) is 0 Å². The van der Waals surface area contributed by atoms with E-state index in [4.69, 9.17) is 0 Å². The molecule has 32 heavy (non-hydrogen) atoms. The number of benzene rings is 1. The second kappa shape index (κ2) is 9.35. The van der Waals surface area contributed by atoms with Gasteiger partial charge in [0, 0.05) is 35.6 Å². The number of nitrogens with zero attached hydrogens (tertiary/aromatic N) is 1. The quantitative estimate of drug-likeness (QED) is 0.711. The lowest BCUT2D eigenvalue weighted by molar-refractivity contribution is 0.0911. The Morgan fingerprint density at radius 3 is 2.62 bits per heavy atom. The molecule has 174 valence electrons. The van der Waals surface area contributed by atoms with Crippen molar-refractivity contribution in [1.82, 2.24) is 14.6 Å². The molecule has 0 radical (unpaired) electrons.